The zero-order valence-electron chi connectivity index (χ0n) is 9.87. The SMILES string of the molecule is CC(C)c1ccc2c(C(C)C)scc2c1. The maximum Gasteiger partial charge on any atom is 0.0149 e. The predicted molar refractivity (Wildman–Crippen MR) is 70.0 cm³/mol. The molecule has 0 saturated heterocycles. The van der Waals surface area contributed by atoms with E-state index >= 15 is 0 Å². The standard InChI is InChI=1S/C14H18S/c1-9(2)11-5-6-13-12(7-11)8-15-14(13)10(3)4/h5-10H,1-4H3. The highest BCUT2D eigenvalue weighted by molar-refractivity contribution is 7.11. The molecule has 15 heavy (non-hydrogen) atoms. The Balaban J connectivity index is 2.57. The van der Waals surface area contributed by atoms with Crippen LogP contribution in [0.3, 0.4) is 0 Å². The average Bonchev–Trinajstić information content (AvgIpc) is 2.59. The molecule has 0 saturated carbocycles. The van der Waals surface area contributed by atoms with E-state index in [-0.39, 0.29) is 0 Å². The molecule has 0 radical (unpaired) electrons. The molecule has 1 heteroatoms. The van der Waals surface area contributed by atoms with Crippen LogP contribution in [-0.4, -0.2) is 0 Å². The zero-order chi connectivity index (χ0) is 11.0. The Morgan fingerprint density at radius 2 is 1.73 bits per heavy atom. The Morgan fingerprint density at radius 1 is 1.00 bits per heavy atom. The Morgan fingerprint density at radius 3 is 2.33 bits per heavy atom. The van der Waals surface area contributed by atoms with Gasteiger partial charge in [0.1, 0.15) is 0 Å². The van der Waals surface area contributed by atoms with Gasteiger partial charge in [-0.25, -0.2) is 0 Å². The van der Waals surface area contributed by atoms with Crippen LogP contribution in [0.15, 0.2) is 23.6 Å². The summed E-state index contributed by atoms with van der Waals surface area (Å²) in [6.07, 6.45) is 0. The Bertz CT molecular complexity index is 463. The first kappa shape index (κ1) is 10.7. The maximum absolute atomic E-state index is 2.34. The molecule has 0 fully saturated rings. The summed E-state index contributed by atoms with van der Waals surface area (Å²) >= 11 is 1.89. The Labute approximate surface area is 95.9 Å². The average molecular weight is 218 g/mol. The van der Waals surface area contributed by atoms with E-state index in [1.807, 2.05) is 11.3 Å². The van der Waals surface area contributed by atoms with Gasteiger partial charge in [0.2, 0.25) is 0 Å². The van der Waals surface area contributed by atoms with Crippen LogP contribution in [0, 0.1) is 0 Å². The van der Waals surface area contributed by atoms with E-state index in [1.165, 1.54) is 21.2 Å². The minimum absolute atomic E-state index is 0.622. The third-order valence-electron chi connectivity index (χ3n) is 2.84. The molecule has 0 spiro atoms. The van der Waals surface area contributed by atoms with Crippen LogP contribution in [0.4, 0.5) is 0 Å². The van der Waals surface area contributed by atoms with Gasteiger partial charge in [0, 0.05) is 4.88 Å². The van der Waals surface area contributed by atoms with Crippen LogP contribution in [0.25, 0.3) is 10.8 Å². The molecule has 1 aromatic heterocycles. The lowest BCUT2D eigenvalue weighted by Crippen LogP contribution is -1.87. The molecule has 1 aromatic carbocycles. The number of fused-ring (bicyclic) bond motifs is 1. The van der Waals surface area contributed by atoms with Crippen molar-refractivity contribution in [2.45, 2.75) is 39.5 Å². The largest absolute Gasteiger partial charge is 0.147 e. The zero-order valence-corrected chi connectivity index (χ0v) is 10.7. The third-order valence-corrected chi connectivity index (χ3v) is 4.16. The van der Waals surface area contributed by atoms with Crippen molar-refractivity contribution in [3.63, 3.8) is 0 Å². The number of rotatable bonds is 2. The van der Waals surface area contributed by atoms with Gasteiger partial charge in [-0.15, -0.1) is 11.3 Å². The second-order valence-corrected chi connectivity index (χ2v) is 5.67. The van der Waals surface area contributed by atoms with Crippen molar-refractivity contribution in [3.05, 3.63) is 34.0 Å². The third kappa shape index (κ3) is 1.93. The van der Waals surface area contributed by atoms with Crippen LogP contribution >= 0.6 is 11.3 Å². The molecule has 0 aliphatic carbocycles. The lowest BCUT2D eigenvalue weighted by atomic mass is 9.99. The van der Waals surface area contributed by atoms with E-state index < -0.39 is 0 Å². The molecule has 2 rings (SSSR count). The Hall–Kier alpha value is -0.820. The molecule has 0 atom stereocenters. The molecular formula is C14H18S. The van der Waals surface area contributed by atoms with Gasteiger partial charge in [0.15, 0.2) is 0 Å². The quantitative estimate of drug-likeness (QED) is 0.654. The van der Waals surface area contributed by atoms with Gasteiger partial charge in [0.25, 0.3) is 0 Å². The number of hydrogen-bond acceptors (Lipinski definition) is 1. The van der Waals surface area contributed by atoms with E-state index in [0.717, 1.165) is 0 Å². The molecule has 0 N–H and O–H groups in total. The van der Waals surface area contributed by atoms with E-state index in [2.05, 4.69) is 51.3 Å². The summed E-state index contributed by atoms with van der Waals surface area (Å²) in [5, 5.41) is 5.14. The molecule has 0 amide bonds. The summed E-state index contributed by atoms with van der Waals surface area (Å²) < 4.78 is 0. The molecule has 0 bridgehead atoms. The first-order valence-electron chi connectivity index (χ1n) is 5.60. The fraction of sp³-hybridized carbons (Fsp3) is 0.429. The summed E-state index contributed by atoms with van der Waals surface area (Å²) in [5.41, 5.74) is 1.44. The molecule has 1 heterocycles. The van der Waals surface area contributed by atoms with Crippen molar-refractivity contribution in [2.24, 2.45) is 0 Å². The van der Waals surface area contributed by atoms with Gasteiger partial charge in [-0.05, 0) is 33.6 Å². The van der Waals surface area contributed by atoms with Crippen LogP contribution < -0.4 is 0 Å². The van der Waals surface area contributed by atoms with Gasteiger partial charge < -0.3 is 0 Å². The maximum atomic E-state index is 2.34. The van der Waals surface area contributed by atoms with E-state index in [0.29, 0.717) is 11.8 Å². The Kier molecular flexibility index (Phi) is 2.83. The van der Waals surface area contributed by atoms with Crippen LogP contribution in [0.2, 0.25) is 0 Å². The predicted octanol–water partition coefficient (Wildman–Crippen LogP) is 5.15. The van der Waals surface area contributed by atoms with Gasteiger partial charge in [-0.2, -0.15) is 0 Å². The minimum Gasteiger partial charge on any atom is -0.147 e. The van der Waals surface area contributed by atoms with Crippen molar-refractivity contribution in [1.29, 1.82) is 0 Å². The highest BCUT2D eigenvalue weighted by atomic mass is 32.1. The number of thiophene rings is 1. The van der Waals surface area contributed by atoms with E-state index in [4.69, 9.17) is 0 Å². The van der Waals surface area contributed by atoms with Crippen molar-refractivity contribution < 1.29 is 0 Å². The summed E-state index contributed by atoms with van der Waals surface area (Å²) in [6.45, 7) is 9.02. The summed E-state index contributed by atoms with van der Waals surface area (Å²) in [5.74, 6) is 1.26. The van der Waals surface area contributed by atoms with E-state index in [9.17, 15) is 0 Å². The summed E-state index contributed by atoms with van der Waals surface area (Å²) in [4.78, 5) is 1.51. The number of hydrogen-bond donors (Lipinski definition) is 0. The van der Waals surface area contributed by atoms with Gasteiger partial charge in [-0.1, -0.05) is 45.9 Å². The second kappa shape index (κ2) is 3.97. The molecule has 2 aromatic rings. The second-order valence-electron chi connectivity index (χ2n) is 4.76. The highest BCUT2D eigenvalue weighted by Crippen LogP contribution is 2.33. The van der Waals surface area contributed by atoms with Crippen LogP contribution in [0.1, 0.15) is 50.0 Å². The molecule has 0 aliphatic heterocycles. The topological polar surface area (TPSA) is 0 Å². The molecule has 0 aliphatic rings. The first-order chi connectivity index (χ1) is 7.09. The monoisotopic (exact) mass is 218 g/mol. The van der Waals surface area contributed by atoms with Crippen LogP contribution in [-0.2, 0) is 0 Å². The number of benzene rings is 1. The van der Waals surface area contributed by atoms with Gasteiger partial charge >= 0.3 is 0 Å². The highest BCUT2D eigenvalue weighted by Gasteiger charge is 2.08. The van der Waals surface area contributed by atoms with Crippen molar-refractivity contribution >= 4 is 22.1 Å². The van der Waals surface area contributed by atoms with Crippen LogP contribution in [0.5, 0.6) is 0 Å². The molecule has 0 unspecified atom stereocenters. The summed E-state index contributed by atoms with van der Waals surface area (Å²) in [6, 6.07) is 6.89. The molecular weight excluding hydrogens is 200 g/mol. The summed E-state index contributed by atoms with van der Waals surface area (Å²) in [7, 11) is 0. The molecule has 0 nitrogen and oxygen atoms in total. The first-order valence-corrected chi connectivity index (χ1v) is 6.48. The smallest absolute Gasteiger partial charge is 0.0149 e. The molecule has 80 valence electrons. The fourth-order valence-corrected chi connectivity index (χ4v) is 2.93. The van der Waals surface area contributed by atoms with Gasteiger partial charge in [0.05, 0.1) is 0 Å². The lowest BCUT2D eigenvalue weighted by Gasteiger charge is -2.06. The lowest BCUT2D eigenvalue weighted by molar-refractivity contribution is 0.868. The van der Waals surface area contributed by atoms with Crippen molar-refractivity contribution in [2.75, 3.05) is 0 Å². The van der Waals surface area contributed by atoms with Crippen molar-refractivity contribution in [3.8, 4) is 0 Å². The minimum atomic E-state index is 0.622. The van der Waals surface area contributed by atoms with E-state index in [1.54, 1.807) is 0 Å². The van der Waals surface area contributed by atoms with Gasteiger partial charge in [-0.3, -0.25) is 0 Å². The normalized spacial score (nSPS) is 11.9. The fourth-order valence-electron chi connectivity index (χ4n) is 1.90. The van der Waals surface area contributed by atoms with Crippen molar-refractivity contribution in [1.82, 2.24) is 0 Å².